The zero-order valence-electron chi connectivity index (χ0n) is 14.2. The summed E-state index contributed by atoms with van der Waals surface area (Å²) in [4.78, 5) is 24.5. The molecule has 2 aromatic carbocycles. The molecule has 1 heterocycles. The SMILES string of the molecule is [B]c1cccc(OC(=O)c2cc3cc(CNC(=C)C)ccc3oc2=O)c1. The molecular weight excluding hydrogens is 329 g/mol. The topological polar surface area (TPSA) is 68.5 Å². The maximum atomic E-state index is 12.3. The standard InChI is InChI=1S/C20H16BNO4/c1-12(2)22-11-13-6-7-18-14(8-13)9-17(20(24)26-18)19(23)25-16-5-3-4-15(21)10-16/h3-10,22H,1,11H2,2H3. The largest absolute Gasteiger partial charge is 0.423 e. The van der Waals surface area contributed by atoms with Crippen LogP contribution in [0.25, 0.3) is 11.0 Å². The Morgan fingerprint density at radius 3 is 2.77 bits per heavy atom. The highest BCUT2D eigenvalue weighted by molar-refractivity contribution is 6.32. The molecule has 0 spiro atoms. The Kier molecular flexibility index (Phi) is 4.93. The van der Waals surface area contributed by atoms with Crippen molar-refractivity contribution >= 4 is 30.2 Å². The molecule has 3 rings (SSSR count). The number of fused-ring (bicyclic) bond motifs is 1. The maximum Gasteiger partial charge on any atom is 0.351 e. The van der Waals surface area contributed by atoms with Gasteiger partial charge in [-0.3, -0.25) is 0 Å². The summed E-state index contributed by atoms with van der Waals surface area (Å²) in [6.45, 7) is 6.23. The van der Waals surface area contributed by atoms with Crippen LogP contribution in [0.5, 0.6) is 5.75 Å². The predicted octanol–water partition coefficient (Wildman–Crippen LogP) is 2.43. The molecule has 0 bridgehead atoms. The second kappa shape index (κ2) is 7.31. The van der Waals surface area contributed by atoms with E-state index in [1.165, 1.54) is 12.1 Å². The summed E-state index contributed by atoms with van der Waals surface area (Å²) < 4.78 is 10.5. The van der Waals surface area contributed by atoms with E-state index in [4.69, 9.17) is 17.0 Å². The molecule has 0 aliphatic rings. The quantitative estimate of drug-likeness (QED) is 0.333. The molecule has 0 fully saturated rings. The lowest BCUT2D eigenvalue weighted by molar-refractivity contribution is 0.0730. The van der Waals surface area contributed by atoms with Gasteiger partial charge in [0.2, 0.25) is 0 Å². The van der Waals surface area contributed by atoms with Gasteiger partial charge < -0.3 is 14.5 Å². The van der Waals surface area contributed by atoms with Crippen LogP contribution in [0, 0.1) is 0 Å². The molecule has 0 atom stereocenters. The summed E-state index contributed by atoms with van der Waals surface area (Å²) in [7, 11) is 5.66. The molecule has 0 aliphatic carbocycles. The number of hydrogen-bond donors (Lipinski definition) is 1. The van der Waals surface area contributed by atoms with Gasteiger partial charge in [-0.15, -0.1) is 0 Å². The van der Waals surface area contributed by atoms with Crippen LogP contribution in [0.4, 0.5) is 0 Å². The van der Waals surface area contributed by atoms with Gasteiger partial charge in [-0.25, -0.2) is 9.59 Å². The van der Waals surface area contributed by atoms with Gasteiger partial charge in [0.25, 0.3) is 0 Å². The van der Waals surface area contributed by atoms with Gasteiger partial charge in [0.1, 0.15) is 24.7 Å². The smallest absolute Gasteiger partial charge is 0.351 e. The van der Waals surface area contributed by atoms with Crippen molar-refractivity contribution in [2.75, 3.05) is 0 Å². The minimum atomic E-state index is -0.795. The van der Waals surface area contributed by atoms with E-state index in [2.05, 4.69) is 11.9 Å². The number of carbonyl (C=O) groups is 1. The van der Waals surface area contributed by atoms with Crippen LogP contribution in [-0.4, -0.2) is 13.8 Å². The average Bonchev–Trinajstić information content (AvgIpc) is 2.59. The number of benzene rings is 2. The van der Waals surface area contributed by atoms with Crippen LogP contribution in [0.1, 0.15) is 22.8 Å². The fraction of sp³-hybridized carbons (Fsp3) is 0.100. The van der Waals surface area contributed by atoms with Crippen molar-refractivity contribution in [1.82, 2.24) is 5.32 Å². The highest BCUT2D eigenvalue weighted by Gasteiger charge is 2.16. The van der Waals surface area contributed by atoms with E-state index < -0.39 is 11.6 Å². The lowest BCUT2D eigenvalue weighted by Crippen LogP contribution is -2.19. The summed E-state index contributed by atoms with van der Waals surface area (Å²) in [6, 6.07) is 13.3. The number of nitrogens with one attached hydrogen (secondary N) is 1. The Bertz CT molecular complexity index is 1060. The molecule has 0 aliphatic heterocycles. The van der Waals surface area contributed by atoms with E-state index in [9.17, 15) is 9.59 Å². The third-order valence-electron chi connectivity index (χ3n) is 3.68. The van der Waals surface area contributed by atoms with Crippen LogP contribution in [-0.2, 0) is 6.54 Å². The molecule has 6 heteroatoms. The molecule has 26 heavy (non-hydrogen) atoms. The zero-order valence-corrected chi connectivity index (χ0v) is 14.2. The molecule has 5 nitrogen and oxygen atoms in total. The second-order valence-electron chi connectivity index (χ2n) is 5.92. The van der Waals surface area contributed by atoms with Crippen LogP contribution in [0.2, 0.25) is 0 Å². The number of allylic oxidation sites excluding steroid dienone is 1. The summed E-state index contributed by atoms with van der Waals surface area (Å²) in [5.41, 5.74) is 1.73. The molecule has 0 unspecified atom stereocenters. The van der Waals surface area contributed by atoms with E-state index in [1.54, 1.807) is 24.3 Å². The summed E-state index contributed by atoms with van der Waals surface area (Å²) in [6.07, 6.45) is 0. The van der Waals surface area contributed by atoms with Crippen LogP contribution >= 0.6 is 0 Å². The monoisotopic (exact) mass is 345 g/mol. The molecule has 2 radical (unpaired) electrons. The van der Waals surface area contributed by atoms with E-state index in [0.717, 1.165) is 11.3 Å². The second-order valence-corrected chi connectivity index (χ2v) is 5.92. The molecular formula is C20H16BNO4. The maximum absolute atomic E-state index is 12.3. The zero-order chi connectivity index (χ0) is 18.7. The van der Waals surface area contributed by atoms with Crippen LogP contribution < -0.4 is 21.1 Å². The molecule has 0 saturated carbocycles. The lowest BCUT2D eigenvalue weighted by atomic mass is 9.96. The fourth-order valence-corrected chi connectivity index (χ4v) is 2.42. The number of carbonyl (C=O) groups excluding carboxylic acids is 1. The number of hydrogen-bond acceptors (Lipinski definition) is 5. The Balaban J connectivity index is 1.91. The molecule has 0 amide bonds. The first-order chi connectivity index (χ1) is 12.4. The minimum Gasteiger partial charge on any atom is -0.423 e. The molecule has 0 saturated heterocycles. The Hall–Kier alpha value is -3.28. The van der Waals surface area contributed by atoms with Crippen LogP contribution in [0.3, 0.4) is 0 Å². The molecule has 128 valence electrons. The molecule has 1 N–H and O–H groups in total. The number of esters is 1. The Morgan fingerprint density at radius 2 is 2.04 bits per heavy atom. The van der Waals surface area contributed by atoms with Crippen molar-refractivity contribution in [3.05, 3.63) is 82.4 Å². The van der Waals surface area contributed by atoms with Crippen molar-refractivity contribution in [3.8, 4) is 5.75 Å². The minimum absolute atomic E-state index is 0.176. The first-order valence-corrected chi connectivity index (χ1v) is 7.96. The van der Waals surface area contributed by atoms with E-state index >= 15 is 0 Å². The van der Waals surface area contributed by atoms with Crippen molar-refractivity contribution in [2.45, 2.75) is 13.5 Å². The highest BCUT2D eigenvalue weighted by atomic mass is 16.5. The molecule has 3 aromatic rings. The third-order valence-corrected chi connectivity index (χ3v) is 3.68. The highest BCUT2D eigenvalue weighted by Crippen LogP contribution is 2.17. The predicted molar refractivity (Wildman–Crippen MR) is 101 cm³/mol. The van der Waals surface area contributed by atoms with Gasteiger partial charge in [-0.1, -0.05) is 30.2 Å². The van der Waals surface area contributed by atoms with Gasteiger partial charge in [0.15, 0.2) is 0 Å². The number of rotatable bonds is 5. The van der Waals surface area contributed by atoms with Gasteiger partial charge in [-0.05, 0) is 42.8 Å². The third kappa shape index (κ3) is 4.03. The summed E-state index contributed by atoms with van der Waals surface area (Å²) in [5.74, 6) is -0.536. The lowest BCUT2D eigenvalue weighted by Gasteiger charge is -2.07. The van der Waals surface area contributed by atoms with Crippen LogP contribution in [0.15, 0.2) is 70.0 Å². The van der Waals surface area contributed by atoms with Crippen molar-refractivity contribution in [1.29, 1.82) is 0 Å². The van der Waals surface area contributed by atoms with Gasteiger partial charge >= 0.3 is 11.6 Å². The first kappa shape index (κ1) is 17.5. The average molecular weight is 345 g/mol. The normalized spacial score (nSPS) is 10.5. The Labute approximate surface area is 151 Å². The van der Waals surface area contributed by atoms with Crippen molar-refractivity contribution in [2.24, 2.45) is 0 Å². The van der Waals surface area contributed by atoms with Crippen molar-refractivity contribution in [3.63, 3.8) is 0 Å². The number of ether oxygens (including phenoxy) is 1. The van der Waals surface area contributed by atoms with Gasteiger partial charge in [0.05, 0.1) is 0 Å². The summed E-state index contributed by atoms with van der Waals surface area (Å²) in [5, 5.41) is 3.75. The van der Waals surface area contributed by atoms with Crippen molar-refractivity contribution < 1.29 is 13.9 Å². The van der Waals surface area contributed by atoms with E-state index in [-0.39, 0.29) is 11.3 Å². The van der Waals surface area contributed by atoms with Gasteiger partial charge in [0, 0.05) is 17.6 Å². The molecule has 1 aromatic heterocycles. The van der Waals surface area contributed by atoms with Gasteiger partial charge in [-0.2, -0.15) is 0 Å². The fourth-order valence-electron chi connectivity index (χ4n) is 2.42. The first-order valence-electron chi connectivity index (χ1n) is 7.96. The summed E-state index contributed by atoms with van der Waals surface area (Å²) >= 11 is 0. The Morgan fingerprint density at radius 1 is 1.23 bits per heavy atom. The van der Waals surface area contributed by atoms with E-state index in [0.29, 0.717) is 23.0 Å². The van der Waals surface area contributed by atoms with E-state index in [1.807, 2.05) is 19.1 Å².